The summed E-state index contributed by atoms with van der Waals surface area (Å²) in [6.45, 7) is 10.3. The Morgan fingerprint density at radius 1 is 0.852 bits per heavy atom. The van der Waals surface area contributed by atoms with Crippen LogP contribution in [0.3, 0.4) is 0 Å². The Kier molecular flexibility index (Phi) is 14.5. The third kappa shape index (κ3) is 9.33. The molecule has 0 saturated carbocycles. The lowest BCUT2D eigenvalue weighted by Crippen LogP contribution is -2.59. The van der Waals surface area contributed by atoms with E-state index in [0.717, 1.165) is 79.1 Å². The number of H-pyrrole nitrogens is 2. The van der Waals surface area contributed by atoms with Crippen LogP contribution < -0.4 is 0 Å². The number of fused-ring (bicyclic) bond motifs is 8. The SMILES string of the molecule is CCc1c(C)c2cc3[nH]c(cc4nc(c(C)c5nc(cc1[nH]2)C(C)=C5)[C@@H](CCC(=O)N(C)C[C@H](O)[C@@H](O)[C@H](O)[C@H](O)CO)[C@@H]4C)c(C)c3COC1O[C@H](CO)[C@@H](O)[C@H](O)[C@H]1O. The summed E-state index contributed by atoms with van der Waals surface area (Å²) in [5.74, 6) is -0.720. The summed E-state index contributed by atoms with van der Waals surface area (Å²) in [5.41, 5.74) is 11.9. The zero-order chi connectivity index (χ0) is 44.6. The lowest BCUT2D eigenvalue weighted by atomic mass is 9.85. The third-order valence-corrected chi connectivity index (χ3v) is 12.7. The third-order valence-electron chi connectivity index (χ3n) is 12.7. The normalized spacial score (nSPS) is 24.9. The van der Waals surface area contributed by atoms with Gasteiger partial charge in [-0.05, 0) is 92.6 Å². The van der Waals surface area contributed by atoms with Crippen LogP contribution in [-0.2, 0) is 27.3 Å². The summed E-state index contributed by atoms with van der Waals surface area (Å²) in [4.78, 5) is 32.2. The molecule has 6 heterocycles. The number of hydrogen-bond acceptors (Lipinski definition) is 14. The molecule has 0 spiro atoms. The molecule has 1 unspecified atom stereocenters. The van der Waals surface area contributed by atoms with Crippen LogP contribution in [0.4, 0.5) is 0 Å². The molecular formula is C44H61N5O12. The van der Waals surface area contributed by atoms with Gasteiger partial charge in [0.15, 0.2) is 6.29 Å². The first-order valence-electron chi connectivity index (χ1n) is 20.8. The second-order valence-corrected chi connectivity index (χ2v) is 16.7. The number of allylic oxidation sites excluding steroid dienone is 1. The van der Waals surface area contributed by atoms with Crippen LogP contribution in [-0.4, -0.2) is 159 Å². The Balaban J connectivity index is 1.42. The van der Waals surface area contributed by atoms with Crippen LogP contribution in [0, 0.1) is 20.8 Å². The minimum absolute atomic E-state index is 0.0658. The van der Waals surface area contributed by atoms with Crippen LogP contribution in [0.15, 0.2) is 18.2 Å². The topological polar surface area (TPSA) is 278 Å². The number of carbonyl (C=O) groups is 1. The summed E-state index contributed by atoms with van der Waals surface area (Å²) < 4.78 is 11.7. The van der Waals surface area contributed by atoms with Crippen LogP contribution in [0.1, 0.15) is 96.0 Å². The number of hydrogen-bond donors (Lipinski definition) is 11. The average molecular weight is 852 g/mol. The highest BCUT2D eigenvalue weighted by Gasteiger charge is 2.44. The number of likely N-dealkylation sites (N-methyl/N-ethyl adjacent to an activating group) is 1. The molecule has 0 aliphatic carbocycles. The number of aliphatic hydroxyl groups is 9. The van der Waals surface area contributed by atoms with Crippen LogP contribution >= 0.6 is 0 Å². The maximum Gasteiger partial charge on any atom is 0.222 e. The molecule has 0 radical (unpaired) electrons. The molecule has 334 valence electrons. The van der Waals surface area contributed by atoms with E-state index in [1.165, 1.54) is 11.9 Å². The van der Waals surface area contributed by atoms with E-state index < -0.39 is 68.3 Å². The summed E-state index contributed by atoms with van der Waals surface area (Å²) in [6.07, 6.45) is -10.8. The molecule has 3 aliphatic heterocycles. The van der Waals surface area contributed by atoms with Crippen molar-refractivity contribution in [3.63, 3.8) is 0 Å². The molecule has 8 bridgehead atoms. The maximum absolute atomic E-state index is 13.5. The Labute approximate surface area is 354 Å². The van der Waals surface area contributed by atoms with Gasteiger partial charge in [-0.25, -0.2) is 4.98 Å². The molecule has 3 aliphatic rings. The quantitative estimate of drug-likeness (QED) is 0.109. The number of nitrogens with one attached hydrogen (secondary N) is 2. The number of rotatable bonds is 14. The van der Waals surface area contributed by atoms with E-state index in [4.69, 9.17) is 24.5 Å². The van der Waals surface area contributed by atoms with Crippen molar-refractivity contribution in [2.45, 2.75) is 134 Å². The number of carbonyl (C=O) groups excluding carboxylic acids is 1. The van der Waals surface area contributed by atoms with E-state index >= 15 is 0 Å². The summed E-state index contributed by atoms with van der Waals surface area (Å²) >= 11 is 0. The van der Waals surface area contributed by atoms with Crippen molar-refractivity contribution in [2.75, 3.05) is 26.8 Å². The van der Waals surface area contributed by atoms with Crippen molar-refractivity contribution in [3.8, 4) is 0 Å². The van der Waals surface area contributed by atoms with Gasteiger partial charge in [0.2, 0.25) is 5.91 Å². The fraction of sp³-hybridized carbons (Fsp3) is 0.568. The molecule has 0 aromatic carbocycles. The number of nitrogens with zero attached hydrogens (tertiary/aromatic N) is 3. The molecule has 11 N–H and O–H groups in total. The first kappa shape index (κ1) is 46.4. The molecule has 3 aromatic heterocycles. The van der Waals surface area contributed by atoms with Crippen molar-refractivity contribution in [2.24, 2.45) is 0 Å². The zero-order valence-electron chi connectivity index (χ0n) is 35.7. The molecule has 1 fully saturated rings. The van der Waals surface area contributed by atoms with Gasteiger partial charge in [0.05, 0.1) is 31.2 Å². The first-order chi connectivity index (χ1) is 28.9. The van der Waals surface area contributed by atoms with Crippen molar-refractivity contribution < 1.29 is 60.2 Å². The Hall–Kier alpha value is -4.11. The van der Waals surface area contributed by atoms with Gasteiger partial charge in [0.25, 0.3) is 0 Å². The van der Waals surface area contributed by atoms with E-state index in [1.54, 1.807) is 0 Å². The van der Waals surface area contributed by atoms with Crippen molar-refractivity contribution in [3.05, 3.63) is 68.8 Å². The van der Waals surface area contributed by atoms with Gasteiger partial charge in [-0.3, -0.25) is 9.78 Å². The van der Waals surface area contributed by atoms with E-state index in [9.17, 15) is 45.6 Å². The van der Waals surface area contributed by atoms with Crippen molar-refractivity contribution >= 4 is 39.6 Å². The number of aromatic nitrogens is 4. The zero-order valence-corrected chi connectivity index (χ0v) is 35.7. The van der Waals surface area contributed by atoms with Crippen molar-refractivity contribution in [1.82, 2.24) is 24.8 Å². The summed E-state index contributed by atoms with van der Waals surface area (Å²) in [7, 11) is 1.48. The molecule has 1 saturated heterocycles. The minimum Gasteiger partial charge on any atom is -0.394 e. The fourth-order valence-electron chi connectivity index (χ4n) is 8.54. The van der Waals surface area contributed by atoms with Gasteiger partial charge in [-0.1, -0.05) is 13.8 Å². The molecule has 11 atom stereocenters. The highest BCUT2D eigenvalue weighted by atomic mass is 16.7. The van der Waals surface area contributed by atoms with Gasteiger partial charge >= 0.3 is 0 Å². The molecule has 61 heavy (non-hydrogen) atoms. The molecule has 17 heteroatoms. The first-order valence-corrected chi connectivity index (χ1v) is 20.8. The highest BCUT2D eigenvalue weighted by molar-refractivity contribution is 5.85. The molecule has 3 aromatic rings. The predicted octanol–water partition coefficient (Wildman–Crippen LogP) is 1.24. The number of aliphatic hydroxyl groups excluding tert-OH is 9. The summed E-state index contributed by atoms with van der Waals surface area (Å²) in [5, 5.41) is 91.0. The van der Waals surface area contributed by atoms with Crippen LogP contribution in [0.25, 0.3) is 33.7 Å². The number of ether oxygens (including phenoxy) is 2. The van der Waals surface area contributed by atoms with E-state index in [-0.39, 0.29) is 37.3 Å². The molecular weight excluding hydrogens is 791 g/mol. The minimum atomic E-state index is -1.81. The second kappa shape index (κ2) is 19.1. The average Bonchev–Trinajstić information content (AvgIpc) is 3.95. The highest BCUT2D eigenvalue weighted by Crippen LogP contribution is 2.42. The fourth-order valence-corrected chi connectivity index (χ4v) is 8.54. The van der Waals surface area contributed by atoms with Crippen LogP contribution in [0.5, 0.6) is 0 Å². The molecule has 1 amide bonds. The Morgan fingerprint density at radius 2 is 1.49 bits per heavy atom. The lowest BCUT2D eigenvalue weighted by molar-refractivity contribution is -0.304. The Morgan fingerprint density at radius 3 is 2.15 bits per heavy atom. The van der Waals surface area contributed by atoms with Gasteiger partial charge < -0.3 is 70.3 Å². The van der Waals surface area contributed by atoms with Gasteiger partial charge in [-0.2, -0.15) is 0 Å². The number of aryl methyl sites for hydroxylation is 3. The van der Waals surface area contributed by atoms with Crippen molar-refractivity contribution in [1.29, 1.82) is 0 Å². The monoisotopic (exact) mass is 851 g/mol. The van der Waals surface area contributed by atoms with Gasteiger partial charge in [0, 0.05) is 70.9 Å². The standard InChI is InChI=1S/C44H61N5O12/c1-8-24-20(3)30-14-33-26(18-60-44-43(59)42(58)41(57)36(17-51)61-44)22(5)29(47-33)13-31-21(4)25(9-10-37(54)49(7)15-34(52)39(55)40(56)35(53)16-50)38(48-31)23(6)28-11-19(2)27(45-28)12-32(24)46-30/h11-14,21,25,34-36,39-44,46-47,50-53,55-59H,8-10,15-18H2,1-7H3/t21-,25-,34-,35+,36+,39+,40+,41+,42-,43+,44?/m0/s1. The Bertz CT molecular complexity index is 2270. The van der Waals surface area contributed by atoms with Crippen LogP contribution in [0.2, 0.25) is 0 Å². The number of amides is 1. The molecule has 6 rings (SSSR count). The smallest absolute Gasteiger partial charge is 0.222 e. The second-order valence-electron chi connectivity index (χ2n) is 16.7. The largest absolute Gasteiger partial charge is 0.394 e. The molecule has 17 nitrogen and oxygen atoms in total. The van der Waals surface area contributed by atoms with E-state index in [0.29, 0.717) is 11.9 Å². The predicted molar refractivity (Wildman–Crippen MR) is 226 cm³/mol. The van der Waals surface area contributed by atoms with E-state index in [2.05, 4.69) is 23.8 Å². The van der Waals surface area contributed by atoms with Gasteiger partial charge in [0.1, 0.15) is 48.8 Å². The van der Waals surface area contributed by atoms with E-state index in [1.807, 2.05) is 52.0 Å². The lowest BCUT2D eigenvalue weighted by Gasteiger charge is -2.39. The summed E-state index contributed by atoms with van der Waals surface area (Å²) in [6, 6.07) is 6.01. The number of aromatic amines is 2. The maximum atomic E-state index is 13.5. The van der Waals surface area contributed by atoms with Gasteiger partial charge in [-0.15, -0.1) is 0 Å².